The lowest BCUT2D eigenvalue weighted by atomic mass is 9.85. The number of amides is 2. The quantitative estimate of drug-likeness (QED) is 0.639. The van der Waals surface area contributed by atoms with Crippen LogP contribution in [0.3, 0.4) is 0 Å². The molecule has 130 valence electrons. The topological polar surface area (TPSA) is 82.0 Å². The van der Waals surface area contributed by atoms with Gasteiger partial charge in [-0.1, -0.05) is 0 Å². The molecule has 7 heteroatoms. The summed E-state index contributed by atoms with van der Waals surface area (Å²) in [6.45, 7) is 4.19. The summed E-state index contributed by atoms with van der Waals surface area (Å²) in [5.41, 5.74) is 0. The van der Waals surface area contributed by atoms with Gasteiger partial charge in [-0.3, -0.25) is 0 Å². The number of furan rings is 1. The first-order chi connectivity index (χ1) is 11.2. The van der Waals surface area contributed by atoms with Gasteiger partial charge in [-0.25, -0.2) is 4.79 Å². The van der Waals surface area contributed by atoms with Crippen LogP contribution in [0.2, 0.25) is 0 Å². The summed E-state index contributed by atoms with van der Waals surface area (Å²) in [5, 5.41) is 5.73. The van der Waals surface area contributed by atoms with E-state index in [1.807, 2.05) is 19.1 Å². The highest BCUT2D eigenvalue weighted by molar-refractivity contribution is 5.74. The second-order valence-corrected chi connectivity index (χ2v) is 5.42. The number of carbonyl (C=O) groups is 1. The van der Waals surface area contributed by atoms with E-state index in [0.717, 1.165) is 18.6 Å². The third-order valence-corrected chi connectivity index (χ3v) is 3.79. The van der Waals surface area contributed by atoms with Crippen LogP contribution < -0.4 is 10.6 Å². The van der Waals surface area contributed by atoms with E-state index in [4.69, 9.17) is 18.6 Å². The van der Waals surface area contributed by atoms with Crippen molar-refractivity contribution in [2.75, 3.05) is 26.9 Å². The molecule has 0 radical (unpaired) electrons. The van der Waals surface area contributed by atoms with Crippen molar-refractivity contribution >= 4 is 6.03 Å². The number of ether oxygens (including phenoxy) is 3. The number of methoxy groups -OCH3 is 1. The second-order valence-electron chi connectivity index (χ2n) is 5.42. The molecule has 2 amide bonds. The van der Waals surface area contributed by atoms with Gasteiger partial charge in [0.05, 0.1) is 18.4 Å². The lowest BCUT2D eigenvalue weighted by Gasteiger charge is -2.43. The molecule has 1 aromatic rings. The summed E-state index contributed by atoms with van der Waals surface area (Å²) in [7, 11) is 1.64. The molecule has 1 fully saturated rings. The van der Waals surface area contributed by atoms with Crippen molar-refractivity contribution in [2.45, 2.75) is 44.6 Å². The number of rotatable bonds is 10. The average Bonchev–Trinajstić information content (AvgIpc) is 3.03. The highest BCUT2D eigenvalue weighted by atomic mass is 16.5. The molecule has 0 spiro atoms. The molecule has 0 aliphatic heterocycles. The first kappa shape index (κ1) is 17.8. The molecule has 1 aliphatic carbocycles. The number of hydrogen-bond acceptors (Lipinski definition) is 5. The van der Waals surface area contributed by atoms with Gasteiger partial charge >= 0.3 is 6.03 Å². The van der Waals surface area contributed by atoms with Gasteiger partial charge in [-0.15, -0.1) is 0 Å². The van der Waals surface area contributed by atoms with E-state index in [2.05, 4.69) is 10.6 Å². The monoisotopic (exact) mass is 326 g/mol. The number of nitrogens with one attached hydrogen (secondary N) is 2. The second kappa shape index (κ2) is 9.54. The fourth-order valence-corrected chi connectivity index (χ4v) is 2.58. The van der Waals surface area contributed by atoms with E-state index in [0.29, 0.717) is 26.4 Å². The van der Waals surface area contributed by atoms with E-state index >= 15 is 0 Å². The molecule has 1 aromatic heterocycles. The van der Waals surface area contributed by atoms with Crippen molar-refractivity contribution in [1.29, 1.82) is 0 Å². The average molecular weight is 326 g/mol. The smallest absolute Gasteiger partial charge is 0.315 e. The Hall–Kier alpha value is -1.57. The van der Waals surface area contributed by atoms with Crippen LogP contribution >= 0.6 is 0 Å². The minimum Gasteiger partial charge on any atom is -0.467 e. The Morgan fingerprint density at radius 1 is 1.48 bits per heavy atom. The third kappa shape index (κ3) is 5.53. The number of carbonyl (C=O) groups excluding carboxylic acids is 1. The first-order valence-corrected chi connectivity index (χ1v) is 8.03. The van der Waals surface area contributed by atoms with Crippen molar-refractivity contribution in [1.82, 2.24) is 10.6 Å². The molecule has 7 nitrogen and oxygen atoms in total. The predicted octanol–water partition coefficient (Wildman–Crippen LogP) is 1.68. The van der Waals surface area contributed by atoms with Gasteiger partial charge in [-0.2, -0.15) is 0 Å². The van der Waals surface area contributed by atoms with Crippen LogP contribution in [0.25, 0.3) is 0 Å². The highest BCUT2D eigenvalue weighted by Gasteiger charge is 2.42. The Labute approximate surface area is 136 Å². The van der Waals surface area contributed by atoms with Crippen LogP contribution in [0, 0.1) is 0 Å². The van der Waals surface area contributed by atoms with E-state index in [9.17, 15) is 4.79 Å². The van der Waals surface area contributed by atoms with Gasteiger partial charge < -0.3 is 29.3 Å². The first-order valence-electron chi connectivity index (χ1n) is 8.03. The maximum Gasteiger partial charge on any atom is 0.315 e. The molecule has 23 heavy (non-hydrogen) atoms. The van der Waals surface area contributed by atoms with Gasteiger partial charge in [0.2, 0.25) is 0 Å². The van der Waals surface area contributed by atoms with E-state index in [1.165, 1.54) is 0 Å². The van der Waals surface area contributed by atoms with Crippen LogP contribution in [-0.2, 0) is 20.8 Å². The van der Waals surface area contributed by atoms with Crippen LogP contribution in [0.5, 0.6) is 0 Å². The third-order valence-electron chi connectivity index (χ3n) is 3.79. The van der Waals surface area contributed by atoms with Gasteiger partial charge in [0, 0.05) is 26.9 Å². The lowest BCUT2D eigenvalue weighted by molar-refractivity contribution is -0.128. The van der Waals surface area contributed by atoms with Gasteiger partial charge in [0.1, 0.15) is 18.5 Å². The minimum absolute atomic E-state index is 0.00625. The molecule has 0 saturated heterocycles. The largest absolute Gasteiger partial charge is 0.467 e. The summed E-state index contributed by atoms with van der Waals surface area (Å²) in [5.74, 6) is 0.801. The molecule has 0 unspecified atom stereocenters. The molecule has 1 heterocycles. The van der Waals surface area contributed by atoms with E-state index in [1.54, 1.807) is 13.4 Å². The molecule has 2 rings (SSSR count). The Balaban J connectivity index is 1.50. The Kier molecular flexibility index (Phi) is 7.38. The molecule has 0 aromatic carbocycles. The van der Waals surface area contributed by atoms with E-state index in [-0.39, 0.29) is 24.3 Å². The molecular weight excluding hydrogens is 300 g/mol. The van der Waals surface area contributed by atoms with Crippen molar-refractivity contribution in [2.24, 2.45) is 0 Å². The standard InChI is InChI=1S/C16H26N2O5/c1-3-22-14-10-13(15(14)20-2)18-16(19)17-7-5-8-21-11-12-6-4-9-23-12/h4,6,9,13-15H,3,5,7-8,10-11H2,1-2H3,(H2,17,18,19)/t13-,14-,15-/m1/s1. The highest BCUT2D eigenvalue weighted by Crippen LogP contribution is 2.26. The zero-order valence-corrected chi connectivity index (χ0v) is 13.7. The molecule has 0 bridgehead atoms. The fraction of sp³-hybridized carbons (Fsp3) is 0.688. The van der Waals surface area contributed by atoms with Crippen LogP contribution in [0.4, 0.5) is 4.79 Å². The minimum atomic E-state index is -0.182. The number of urea groups is 1. The Morgan fingerprint density at radius 2 is 2.35 bits per heavy atom. The van der Waals surface area contributed by atoms with Gasteiger partial charge in [0.15, 0.2) is 0 Å². The summed E-state index contributed by atoms with van der Waals surface area (Å²) < 4.78 is 21.5. The Morgan fingerprint density at radius 3 is 3.04 bits per heavy atom. The van der Waals surface area contributed by atoms with Crippen molar-refractivity contribution in [3.8, 4) is 0 Å². The summed E-state index contributed by atoms with van der Waals surface area (Å²) >= 11 is 0. The molecular formula is C16H26N2O5. The fourth-order valence-electron chi connectivity index (χ4n) is 2.58. The van der Waals surface area contributed by atoms with Gasteiger partial charge in [0.25, 0.3) is 0 Å². The zero-order valence-electron chi connectivity index (χ0n) is 13.7. The van der Waals surface area contributed by atoms with Crippen LogP contribution in [0.15, 0.2) is 22.8 Å². The summed E-state index contributed by atoms with van der Waals surface area (Å²) in [6.07, 6.45) is 3.15. The molecule has 1 aliphatic rings. The maximum absolute atomic E-state index is 11.8. The van der Waals surface area contributed by atoms with Crippen LogP contribution in [-0.4, -0.2) is 51.1 Å². The van der Waals surface area contributed by atoms with Crippen LogP contribution in [0.1, 0.15) is 25.5 Å². The zero-order chi connectivity index (χ0) is 16.5. The molecule has 1 saturated carbocycles. The van der Waals surface area contributed by atoms with Crippen molar-refractivity contribution in [3.05, 3.63) is 24.2 Å². The SMILES string of the molecule is CCO[C@@H]1C[C@@H](NC(=O)NCCCOCc2ccco2)[C@H]1OC. The molecule has 3 atom stereocenters. The van der Waals surface area contributed by atoms with Gasteiger partial charge in [-0.05, 0) is 31.9 Å². The normalized spacial score (nSPS) is 23.3. The summed E-state index contributed by atoms with van der Waals surface area (Å²) in [4.78, 5) is 11.8. The molecule has 2 N–H and O–H groups in total. The predicted molar refractivity (Wildman–Crippen MR) is 84.1 cm³/mol. The van der Waals surface area contributed by atoms with Crippen molar-refractivity contribution in [3.63, 3.8) is 0 Å². The van der Waals surface area contributed by atoms with Crippen molar-refractivity contribution < 1.29 is 23.4 Å². The van der Waals surface area contributed by atoms with E-state index < -0.39 is 0 Å². The lowest BCUT2D eigenvalue weighted by Crippen LogP contribution is -2.62. The maximum atomic E-state index is 11.8. The summed E-state index contributed by atoms with van der Waals surface area (Å²) in [6, 6.07) is 3.52. The number of hydrogen-bond donors (Lipinski definition) is 2. The Bertz CT molecular complexity index is 451.